The molecular formula is C21H28ClN3. The molecule has 0 spiro atoms. The summed E-state index contributed by atoms with van der Waals surface area (Å²) in [5.41, 5.74) is 3.60. The quantitative estimate of drug-likeness (QED) is 0.649. The maximum absolute atomic E-state index is 6.06. The van der Waals surface area contributed by atoms with E-state index in [0.717, 1.165) is 35.5 Å². The van der Waals surface area contributed by atoms with Gasteiger partial charge in [-0.05, 0) is 66.6 Å². The molecule has 0 bridgehead atoms. The van der Waals surface area contributed by atoms with E-state index in [-0.39, 0.29) is 0 Å². The second-order valence-electron chi connectivity index (χ2n) is 7.34. The maximum atomic E-state index is 6.06. The summed E-state index contributed by atoms with van der Waals surface area (Å²) in [5.74, 6) is 2.19. The lowest BCUT2D eigenvalue weighted by atomic mass is 9.98. The van der Waals surface area contributed by atoms with Crippen molar-refractivity contribution < 1.29 is 0 Å². The van der Waals surface area contributed by atoms with E-state index in [0.29, 0.717) is 5.92 Å². The largest absolute Gasteiger partial charge is 0.340 e. The lowest BCUT2D eigenvalue weighted by Crippen LogP contribution is -2.21. The third-order valence-electron chi connectivity index (χ3n) is 4.96. The zero-order chi connectivity index (χ0) is 17.6. The first-order chi connectivity index (χ1) is 12.1. The minimum absolute atomic E-state index is 0.464. The van der Waals surface area contributed by atoms with Gasteiger partial charge in [0.1, 0.15) is 5.82 Å². The van der Waals surface area contributed by atoms with Gasteiger partial charge in [-0.1, -0.05) is 44.4 Å². The van der Waals surface area contributed by atoms with Gasteiger partial charge in [0.2, 0.25) is 0 Å². The van der Waals surface area contributed by atoms with Gasteiger partial charge >= 0.3 is 0 Å². The van der Waals surface area contributed by atoms with Gasteiger partial charge in [0.25, 0.3) is 0 Å². The molecule has 1 heterocycles. The fourth-order valence-electron chi connectivity index (χ4n) is 3.59. The molecule has 2 N–H and O–H groups in total. The Balaban J connectivity index is 1.66. The molecule has 1 aliphatic rings. The Morgan fingerprint density at radius 1 is 1.20 bits per heavy atom. The van der Waals surface area contributed by atoms with Crippen LogP contribution in [0.2, 0.25) is 5.02 Å². The number of pyridine rings is 1. The van der Waals surface area contributed by atoms with E-state index in [2.05, 4.69) is 35.5 Å². The maximum Gasteiger partial charge on any atom is 0.130 e. The number of hydrogen-bond acceptors (Lipinski definition) is 3. The number of anilines is 2. The van der Waals surface area contributed by atoms with Crippen LogP contribution in [0.5, 0.6) is 0 Å². The molecule has 2 aromatic rings. The van der Waals surface area contributed by atoms with Gasteiger partial charge in [-0.25, -0.2) is 4.98 Å². The first-order valence-corrected chi connectivity index (χ1v) is 9.71. The fourth-order valence-corrected chi connectivity index (χ4v) is 3.78. The SMILES string of the molecule is CC(C)c1cc(Nc2cccc(Cl)c2)ncc1CNCC1CCCC1. The van der Waals surface area contributed by atoms with E-state index in [1.54, 1.807) is 0 Å². The minimum Gasteiger partial charge on any atom is -0.340 e. The standard InChI is InChI=1S/C21H28ClN3/c1-15(2)20-11-21(25-19-9-5-8-18(22)10-19)24-14-17(20)13-23-12-16-6-3-4-7-16/h5,8-11,14-16,23H,3-4,6-7,12-13H2,1-2H3,(H,24,25). The van der Waals surface area contributed by atoms with Crippen molar-refractivity contribution in [3.63, 3.8) is 0 Å². The summed E-state index contributed by atoms with van der Waals surface area (Å²) in [6.45, 7) is 6.49. The van der Waals surface area contributed by atoms with Crippen molar-refractivity contribution in [1.29, 1.82) is 0 Å². The van der Waals surface area contributed by atoms with E-state index >= 15 is 0 Å². The topological polar surface area (TPSA) is 37.0 Å². The van der Waals surface area contributed by atoms with Gasteiger partial charge in [-0.2, -0.15) is 0 Å². The van der Waals surface area contributed by atoms with Gasteiger partial charge in [0.05, 0.1) is 0 Å². The van der Waals surface area contributed by atoms with Gasteiger partial charge in [-0.15, -0.1) is 0 Å². The van der Waals surface area contributed by atoms with E-state index in [1.165, 1.54) is 36.8 Å². The van der Waals surface area contributed by atoms with Gasteiger partial charge in [0.15, 0.2) is 0 Å². The zero-order valence-electron chi connectivity index (χ0n) is 15.2. The van der Waals surface area contributed by atoms with E-state index in [1.807, 2.05) is 30.5 Å². The van der Waals surface area contributed by atoms with Gasteiger partial charge in [-0.3, -0.25) is 0 Å². The first-order valence-electron chi connectivity index (χ1n) is 9.34. The lowest BCUT2D eigenvalue weighted by Gasteiger charge is -2.17. The van der Waals surface area contributed by atoms with Crippen LogP contribution in [0.1, 0.15) is 56.6 Å². The van der Waals surface area contributed by atoms with Crippen molar-refractivity contribution >= 4 is 23.1 Å². The van der Waals surface area contributed by atoms with Crippen molar-refractivity contribution in [2.45, 2.75) is 52.0 Å². The Morgan fingerprint density at radius 3 is 2.72 bits per heavy atom. The number of nitrogens with zero attached hydrogens (tertiary/aromatic N) is 1. The predicted molar refractivity (Wildman–Crippen MR) is 107 cm³/mol. The number of rotatable bonds is 7. The van der Waals surface area contributed by atoms with Crippen LogP contribution >= 0.6 is 11.6 Å². The highest BCUT2D eigenvalue weighted by molar-refractivity contribution is 6.30. The van der Waals surface area contributed by atoms with Crippen LogP contribution in [0.15, 0.2) is 36.5 Å². The molecule has 1 saturated carbocycles. The molecule has 0 aliphatic heterocycles. The molecule has 1 fully saturated rings. The van der Waals surface area contributed by atoms with Gasteiger partial charge < -0.3 is 10.6 Å². The molecule has 1 aliphatic carbocycles. The van der Waals surface area contributed by atoms with E-state index < -0.39 is 0 Å². The van der Waals surface area contributed by atoms with E-state index in [4.69, 9.17) is 11.6 Å². The molecule has 1 aromatic heterocycles. The Morgan fingerprint density at radius 2 is 2.00 bits per heavy atom. The van der Waals surface area contributed by atoms with Crippen LogP contribution in [-0.2, 0) is 6.54 Å². The second-order valence-corrected chi connectivity index (χ2v) is 7.78. The molecule has 25 heavy (non-hydrogen) atoms. The molecule has 0 unspecified atom stereocenters. The molecule has 0 atom stereocenters. The number of benzene rings is 1. The Labute approximate surface area is 156 Å². The molecule has 0 saturated heterocycles. The summed E-state index contributed by atoms with van der Waals surface area (Å²) in [7, 11) is 0. The average Bonchev–Trinajstić information content (AvgIpc) is 3.09. The van der Waals surface area contributed by atoms with Crippen molar-refractivity contribution in [2.24, 2.45) is 5.92 Å². The highest BCUT2D eigenvalue weighted by atomic mass is 35.5. The lowest BCUT2D eigenvalue weighted by molar-refractivity contribution is 0.488. The van der Waals surface area contributed by atoms with Crippen LogP contribution in [0.3, 0.4) is 0 Å². The molecule has 1 aromatic carbocycles. The third-order valence-corrected chi connectivity index (χ3v) is 5.20. The predicted octanol–water partition coefficient (Wildman–Crippen LogP) is 5.88. The van der Waals surface area contributed by atoms with Crippen LogP contribution in [0, 0.1) is 5.92 Å². The number of hydrogen-bond donors (Lipinski definition) is 2. The van der Waals surface area contributed by atoms with Crippen molar-refractivity contribution in [1.82, 2.24) is 10.3 Å². The number of aromatic nitrogens is 1. The van der Waals surface area contributed by atoms with E-state index in [9.17, 15) is 0 Å². The molecule has 0 radical (unpaired) electrons. The molecule has 4 heteroatoms. The number of nitrogens with one attached hydrogen (secondary N) is 2. The zero-order valence-corrected chi connectivity index (χ0v) is 15.9. The first kappa shape index (κ1) is 18.2. The monoisotopic (exact) mass is 357 g/mol. The molecule has 3 rings (SSSR count). The van der Waals surface area contributed by atoms with Crippen LogP contribution in [0.4, 0.5) is 11.5 Å². The normalized spacial score (nSPS) is 15.0. The van der Waals surface area contributed by atoms with Crippen molar-refractivity contribution in [3.05, 3.63) is 52.7 Å². The summed E-state index contributed by atoms with van der Waals surface area (Å²) in [5, 5.41) is 7.71. The molecular weight excluding hydrogens is 330 g/mol. The fraction of sp³-hybridized carbons (Fsp3) is 0.476. The summed E-state index contributed by atoms with van der Waals surface area (Å²) >= 11 is 6.06. The highest BCUT2D eigenvalue weighted by Gasteiger charge is 2.15. The third kappa shape index (κ3) is 5.20. The highest BCUT2D eigenvalue weighted by Crippen LogP contribution is 2.26. The summed E-state index contributed by atoms with van der Waals surface area (Å²) in [6.07, 6.45) is 7.56. The summed E-state index contributed by atoms with van der Waals surface area (Å²) in [4.78, 5) is 4.60. The van der Waals surface area contributed by atoms with Crippen LogP contribution in [0.25, 0.3) is 0 Å². The molecule has 3 nitrogen and oxygen atoms in total. The summed E-state index contributed by atoms with van der Waals surface area (Å²) in [6, 6.07) is 9.89. The number of halogens is 1. The van der Waals surface area contributed by atoms with Crippen molar-refractivity contribution in [2.75, 3.05) is 11.9 Å². The summed E-state index contributed by atoms with van der Waals surface area (Å²) < 4.78 is 0. The van der Waals surface area contributed by atoms with Crippen LogP contribution in [-0.4, -0.2) is 11.5 Å². The van der Waals surface area contributed by atoms with Gasteiger partial charge in [0, 0.05) is 23.5 Å². The minimum atomic E-state index is 0.464. The Hall–Kier alpha value is -1.58. The molecule has 134 valence electrons. The smallest absolute Gasteiger partial charge is 0.130 e. The second kappa shape index (κ2) is 8.68. The Bertz CT molecular complexity index is 693. The van der Waals surface area contributed by atoms with Crippen molar-refractivity contribution in [3.8, 4) is 0 Å². The Kier molecular flexibility index (Phi) is 6.33. The molecule has 0 amide bonds. The average molecular weight is 358 g/mol. The van der Waals surface area contributed by atoms with Crippen LogP contribution < -0.4 is 10.6 Å².